The maximum absolute atomic E-state index is 11.3. The van der Waals surface area contributed by atoms with Crippen molar-refractivity contribution in [1.29, 1.82) is 0 Å². The van der Waals surface area contributed by atoms with Crippen LogP contribution in [-0.4, -0.2) is 28.0 Å². The molecule has 0 radical (unpaired) electrons. The van der Waals surface area contributed by atoms with Crippen molar-refractivity contribution in [2.24, 2.45) is 5.73 Å². The maximum atomic E-state index is 11.3. The minimum absolute atomic E-state index is 0.163. The average molecular weight is 315 g/mol. The summed E-state index contributed by atoms with van der Waals surface area (Å²) >= 11 is 4.58. The van der Waals surface area contributed by atoms with Crippen LogP contribution in [0.4, 0.5) is 0 Å². The molecule has 0 saturated carbocycles. The number of thiazole rings is 1. The van der Waals surface area contributed by atoms with Gasteiger partial charge in [-0.15, -0.1) is 11.3 Å². The highest BCUT2D eigenvalue weighted by Crippen LogP contribution is 2.27. The quantitative estimate of drug-likeness (QED) is 0.926. The monoisotopic (exact) mass is 314 g/mol. The SMILES string of the molecule is COc1ncc(C(N)=O)c(-c2nc(Br)cs2)n1. The van der Waals surface area contributed by atoms with Crippen LogP contribution in [0.2, 0.25) is 0 Å². The van der Waals surface area contributed by atoms with Crippen LogP contribution in [0.3, 0.4) is 0 Å². The van der Waals surface area contributed by atoms with Crippen LogP contribution in [0, 0.1) is 0 Å². The van der Waals surface area contributed by atoms with E-state index in [0.29, 0.717) is 15.3 Å². The largest absolute Gasteiger partial charge is 0.467 e. The molecule has 88 valence electrons. The first-order valence-corrected chi connectivity index (χ1v) is 6.11. The Morgan fingerprint density at radius 1 is 1.53 bits per heavy atom. The van der Waals surface area contributed by atoms with Gasteiger partial charge in [-0.2, -0.15) is 4.98 Å². The fourth-order valence-corrected chi connectivity index (χ4v) is 2.43. The number of methoxy groups -OCH3 is 1. The third kappa shape index (κ3) is 2.42. The molecule has 0 fully saturated rings. The van der Waals surface area contributed by atoms with Gasteiger partial charge in [0.25, 0.3) is 5.91 Å². The van der Waals surface area contributed by atoms with Gasteiger partial charge in [-0.1, -0.05) is 0 Å². The van der Waals surface area contributed by atoms with E-state index >= 15 is 0 Å². The zero-order valence-electron chi connectivity index (χ0n) is 8.68. The number of ether oxygens (including phenoxy) is 1. The van der Waals surface area contributed by atoms with E-state index in [2.05, 4.69) is 30.9 Å². The molecule has 2 aromatic rings. The van der Waals surface area contributed by atoms with Crippen molar-refractivity contribution in [3.8, 4) is 16.7 Å². The van der Waals surface area contributed by atoms with E-state index in [1.165, 1.54) is 24.6 Å². The lowest BCUT2D eigenvalue weighted by Crippen LogP contribution is -2.14. The molecule has 0 aromatic carbocycles. The molecule has 17 heavy (non-hydrogen) atoms. The molecule has 6 nitrogen and oxygen atoms in total. The fourth-order valence-electron chi connectivity index (χ4n) is 1.17. The molecule has 2 heterocycles. The van der Waals surface area contributed by atoms with Gasteiger partial charge >= 0.3 is 6.01 Å². The molecule has 0 aliphatic heterocycles. The normalized spacial score (nSPS) is 10.2. The Morgan fingerprint density at radius 3 is 2.82 bits per heavy atom. The molecule has 0 bridgehead atoms. The van der Waals surface area contributed by atoms with Crippen molar-refractivity contribution in [2.75, 3.05) is 7.11 Å². The Labute approximate surface area is 109 Å². The highest BCUT2D eigenvalue weighted by molar-refractivity contribution is 9.10. The summed E-state index contributed by atoms with van der Waals surface area (Å²) in [6.07, 6.45) is 1.33. The van der Waals surface area contributed by atoms with E-state index in [1.54, 1.807) is 5.38 Å². The van der Waals surface area contributed by atoms with Crippen molar-refractivity contribution < 1.29 is 9.53 Å². The van der Waals surface area contributed by atoms with Crippen LogP contribution in [0.5, 0.6) is 6.01 Å². The number of hydrogen-bond donors (Lipinski definition) is 1. The van der Waals surface area contributed by atoms with Crippen LogP contribution < -0.4 is 10.5 Å². The van der Waals surface area contributed by atoms with Crippen LogP contribution in [-0.2, 0) is 0 Å². The number of carbonyl (C=O) groups is 1. The zero-order chi connectivity index (χ0) is 12.4. The second-order valence-corrected chi connectivity index (χ2v) is 4.63. The van der Waals surface area contributed by atoms with Crippen molar-refractivity contribution in [1.82, 2.24) is 15.0 Å². The van der Waals surface area contributed by atoms with E-state index in [9.17, 15) is 4.79 Å². The molecule has 0 unspecified atom stereocenters. The molecule has 0 aliphatic rings. The van der Waals surface area contributed by atoms with E-state index in [-0.39, 0.29) is 11.6 Å². The van der Waals surface area contributed by atoms with Gasteiger partial charge < -0.3 is 10.5 Å². The number of primary amides is 1. The lowest BCUT2D eigenvalue weighted by atomic mass is 10.2. The molecular formula is C9H7BrN4O2S. The van der Waals surface area contributed by atoms with Gasteiger partial charge in [-0.3, -0.25) is 4.79 Å². The number of nitrogens with zero attached hydrogens (tertiary/aromatic N) is 3. The van der Waals surface area contributed by atoms with Gasteiger partial charge in [0.15, 0.2) is 0 Å². The molecule has 0 spiro atoms. The molecule has 0 saturated heterocycles. The second kappa shape index (κ2) is 4.76. The van der Waals surface area contributed by atoms with Crippen molar-refractivity contribution in [3.63, 3.8) is 0 Å². The molecule has 8 heteroatoms. The summed E-state index contributed by atoms with van der Waals surface area (Å²) in [5, 5.41) is 2.36. The molecule has 1 amide bonds. The number of aromatic nitrogens is 3. The predicted octanol–water partition coefficient (Wildman–Crippen LogP) is 1.47. The number of hydrogen-bond acceptors (Lipinski definition) is 6. The number of amides is 1. The van der Waals surface area contributed by atoms with Gasteiger partial charge in [0, 0.05) is 11.6 Å². The zero-order valence-corrected chi connectivity index (χ0v) is 11.1. The van der Waals surface area contributed by atoms with Gasteiger partial charge in [0.1, 0.15) is 15.3 Å². The Hall–Kier alpha value is -1.54. The predicted molar refractivity (Wildman–Crippen MR) is 65.9 cm³/mol. The molecule has 0 atom stereocenters. The van der Waals surface area contributed by atoms with Crippen molar-refractivity contribution in [2.45, 2.75) is 0 Å². The van der Waals surface area contributed by atoms with E-state index < -0.39 is 5.91 Å². The minimum atomic E-state index is -0.603. The molecular weight excluding hydrogens is 308 g/mol. The third-order valence-electron chi connectivity index (χ3n) is 1.89. The minimum Gasteiger partial charge on any atom is -0.467 e. The first-order chi connectivity index (χ1) is 8.11. The van der Waals surface area contributed by atoms with Gasteiger partial charge in [0.05, 0.1) is 12.7 Å². The summed E-state index contributed by atoms with van der Waals surface area (Å²) in [7, 11) is 1.45. The summed E-state index contributed by atoms with van der Waals surface area (Å²) < 4.78 is 5.58. The Morgan fingerprint density at radius 2 is 2.29 bits per heavy atom. The summed E-state index contributed by atoms with van der Waals surface area (Å²) in [5.74, 6) is -0.603. The van der Waals surface area contributed by atoms with Gasteiger partial charge in [0.2, 0.25) is 0 Å². The second-order valence-electron chi connectivity index (χ2n) is 2.96. The summed E-state index contributed by atoms with van der Waals surface area (Å²) in [5.41, 5.74) is 5.85. The van der Waals surface area contributed by atoms with Gasteiger partial charge in [-0.05, 0) is 15.9 Å². The molecule has 2 rings (SSSR count). The number of nitrogens with two attached hydrogens (primary N) is 1. The summed E-state index contributed by atoms with van der Waals surface area (Å²) in [6, 6.07) is 0.163. The standard InChI is InChI=1S/C9H7BrN4O2S/c1-16-9-12-2-4(7(11)15)6(14-9)8-13-5(10)3-17-8/h2-3H,1H3,(H2,11,15). The van der Waals surface area contributed by atoms with Gasteiger partial charge in [-0.25, -0.2) is 9.97 Å². The highest BCUT2D eigenvalue weighted by Gasteiger charge is 2.16. The van der Waals surface area contributed by atoms with Crippen LogP contribution in [0.25, 0.3) is 10.7 Å². The Balaban J connectivity index is 2.60. The Bertz CT molecular complexity index is 572. The maximum Gasteiger partial charge on any atom is 0.316 e. The lowest BCUT2D eigenvalue weighted by Gasteiger charge is -2.04. The molecule has 2 N–H and O–H groups in total. The first kappa shape index (κ1) is 11.9. The molecule has 2 aromatic heterocycles. The van der Waals surface area contributed by atoms with Crippen molar-refractivity contribution >= 4 is 33.2 Å². The Kier molecular flexibility index (Phi) is 3.34. The smallest absolute Gasteiger partial charge is 0.316 e. The number of halogens is 1. The summed E-state index contributed by atoms with van der Waals surface area (Å²) in [6.45, 7) is 0. The van der Waals surface area contributed by atoms with Crippen LogP contribution in [0.1, 0.15) is 10.4 Å². The van der Waals surface area contributed by atoms with E-state index in [4.69, 9.17) is 10.5 Å². The first-order valence-electron chi connectivity index (χ1n) is 4.44. The number of carbonyl (C=O) groups excluding carboxylic acids is 1. The fraction of sp³-hybridized carbons (Fsp3) is 0.111. The lowest BCUT2D eigenvalue weighted by molar-refractivity contribution is 0.1000. The number of rotatable bonds is 3. The van der Waals surface area contributed by atoms with E-state index in [0.717, 1.165) is 0 Å². The van der Waals surface area contributed by atoms with Crippen molar-refractivity contribution in [3.05, 3.63) is 21.7 Å². The third-order valence-corrected chi connectivity index (χ3v) is 3.45. The van der Waals surface area contributed by atoms with Crippen LogP contribution >= 0.6 is 27.3 Å². The van der Waals surface area contributed by atoms with E-state index in [1.807, 2.05) is 0 Å². The summed E-state index contributed by atoms with van der Waals surface area (Å²) in [4.78, 5) is 23.4. The topological polar surface area (TPSA) is 91.0 Å². The molecule has 0 aliphatic carbocycles. The highest BCUT2D eigenvalue weighted by atomic mass is 79.9. The average Bonchev–Trinajstić information content (AvgIpc) is 2.75. The van der Waals surface area contributed by atoms with Crippen LogP contribution in [0.15, 0.2) is 16.2 Å².